The van der Waals surface area contributed by atoms with E-state index in [0.29, 0.717) is 71.7 Å². The predicted octanol–water partition coefficient (Wildman–Crippen LogP) is 6.73. The van der Waals surface area contributed by atoms with E-state index in [1.807, 2.05) is 55.1 Å². The summed E-state index contributed by atoms with van der Waals surface area (Å²) >= 11 is 0. The van der Waals surface area contributed by atoms with Gasteiger partial charge in [0.2, 0.25) is 11.8 Å². The lowest BCUT2D eigenvalue weighted by molar-refractivity contribution is -0.128. The number of hydrogen-bond donors (Lipinski definition) is 1. The summed E-state index contributed by atoms with van der Waals surface area (Å²) in [5.41, 5.74) is 3.55. The smallest absolute Gasteiger partial charge is 0.223 e. The van der Waals surface area contributed by atoms with Crippen LogP contribution in [-0.2, 0) is 17.8 Å². The van der Waals surface area contributed by atoms with E-state index < -0.39 is 11.6 Å². The maximum Gasteiger partial charge on any atom is 0.223 e. The molecule has 2 aromatic heterocycles. The van der Waals surface area contributed by atoms with Gasteiger partial charge in [-0.25, -0.2) is 13.8 Å². The topological polar surface area (TPSA) is 86.4 Å². The zero-order chi connectivity index (χ0) is 34.0. The number of ether oxygens (including phenoxy) is 1. The molecule has 3 aliphatic heterocycles. The molecule has 1 aliphatic carbocycles. The Kier molecular flexibility index (Phi) is 8.00. The molecule has 1 amide bonds. The van der Waals surface area contributed by atoms with Crippen molar-refractivity contribution in [3.63, 3.8) is 0 Å². The van der Waals surface area contributed by atoms with Crippen molar-refractivity contribution in [1.29, 1.82) is 5.26 Å². The fraction of sp³-hybridized carbons (Fsp3) is 0.410. The Morgan fingerprint density at radius 1 is 1.14 bits per heavy atom. The number of nitriles is 1. The second-order valence-corrected chi connectivity index (χ2v) is 14.2. The number of benzene rings is 3. The third-order valence-corrected chi connectivity index (χ3v) is 10.6. The lowest BCUT2D eigenvalue weighted by atomic mass is 9.79. The Morgan fingerprint density at radius 2 is 2.00 bits per heavy atom. The highest BCUT2D eigenvalue weighted by molar-refractivity contribution is 6.10. The molecule has 9 rings (SSSR count). The Bertz CT molecular complexity index is 2160. The lowest BCUT2D eigenvalue weighted by Gasteiger charge is -2.38. The van der Waals surface area contributed by atoms with E-state index in [1.165, 1.54) is 12.1 Å². The van der Waals surface area contributed by atoms with Gasteiger partial charge in [-0.1, -0.05) is 24.3 Å². The van der Waals surface area contributed by atoms with Gasteiger partial charge in [0.25, 0.3) is 0 Å². The number of amides is 1. The standard InChI is InChI=1S/C39H40F2N6O2/c1-22(20-45(2)3)49-39-31-18-27(21-46-14-6-10-33(46)48)47(37-25-16-32(37)43-19-25)38(31)30-15-24(8-5-13-42)34(35(41)36(30)44-39)28-9-4-7-23-11-12-26(40)17-29(23)28/h4,7,9,11-12,15,17-18,22,25,32,37,43H,5-6,8,10,14,16,19-21H2,1-3H3/t22-,25+,32?,37-/m0/s1. The molecule has 4 atom stereocenters. The summed E-state index contributed by atoms with van der Waals surface area (Å²) in [6.45, 7) is 4.69. The molecule has 0 radical (unpaired) electrons. The first-order chi connectivity index (χ1) is 23.7. The number of carbonyl (C=O) groups is 1. The fourth-order valence-corrected chi connectivity index (χ4v) is 8.50. The highest BCUT2D eigenvalue weighted by atomic mass is 19.1. The summed E-state index contributed by atoms with van der Waals surface area (Å²) in [6.07, 6.45) is 2.72. The summed E-state index contributed by atoms with van der Waals surface area (Å²) in [5, 5.41) is 16.1. The number of likely N-dealkylation sites (tertiary alicyclic amines) is 1. The maximum atomic E-state index is 17.5. The van der Waals surface area contributed by atoms with Crippen molar-refractivity contribution in [2.45, 2.75) is 63.8 Å². The van der Waals surface area contributed by atoms with Crippen LogP contribution in [0.4, 0.5) is 8.78 Å². The second-order valence-electron chi connectivity index (χ2n) is 14.2. The summed E-state index contributed by atoms with van der Waals surface area (Å²) < 4.78 is 41.1. The molecule has 3 saturated heterocycles. The molecule has 4 fully saturated rings. The fourth-order valence-electron chi connectivity index (χ4n) is 8.50. The van der Waals surface area contributed by atoms with Crippen LogP contribution in [0, 0.1) is 28.9 Å². The van der Waals surface area contributed by atoms with Crippen LogP contribution in [0.25, 0.3) is 43.7 Å². The minimum absolute atomic E-state index is 0.145. The zero-order valence-corrected chi connectivity index (χ0v) is 28.1. The average molecular weight is 663 g/mol. The van der Waals surface area contributed by atoms with E-state index >= 15 is 4.39 Å². The van der Waals surface area contributed by atoms with Gasteiger partial charge in [0, 0.05) is 55.2 Å². The van der Waals surface area contributed by atoms with E-state index in [0.717, 1.165) is 41.4 Å². The molecule has 49 heavy (non-hydrogen) atoms. The van der Waals surface area contributed by atoms with Crippen molar-refractivity contribution in [2.24, 2.45) is 5.92 Å². The first-order valence-corrected chi connectivity index (χ1v) is 17.3. The number of pyridine rings is 1. The van der Waals surface area contributed by atoms with Crippen molar-refractivity contribution in [1.82, 2.24) is 24.7 Å². The molecule has 3 aromatic carbocycles. The van der Waals surface area contributed by atoms with E-state index in [-0.39, 0.29) is 36.0 Å². The summed E-state index contributed by atoms with van der Waals surface area (Å²) in [6, 6.07) is 16.8. The molecule has 252 valence electrons. The minimum Gasteiger partial charge on any atom is -0.473 e. The molecule has 10 heteroatoms. The van der Waals surface area contributed by atoms with Gasteiger partial charge in [0.1, 0.15) is 17.4 Å². The molecular weight excluding hydrogens is 622 g/mol. The van der Waals surface area contributed by atoms with Crippen molar-refractivity contribution in [2.75, 3.05) is 33.7 Å². The normalized spacial score (nSPS) is 20.9. The number of carbonyl (C=O) groups excluding carboxylic acids is 1. The van der Waals surface area contributed by atoms with Crippen molar-refractivity contribution in [3.05, 3.63) is 71.4 Å². The van der Waals surface area contributed by atoms with Gasteiger partial charge in [-0.3, -0.25) is 4.79 Å². The molecule has 0 spiro atoms. The van der Waals surface area contributed by atoms with E-state index in [1.54, 1.807) is 6.07 Å². The quantitative estimate of drug-likeness (QED) is 0.179. The molecule has 1 N–H and O–H groups in total. The molecular formula is C39H40F2N6O2. The number of hydrogen-bond acceptors (Lipinski definition) is 6. The Hall–Kier alpha value is -4.59. The second kappa shape index (κ2) is 12.4. The van der Waals surface area contributed by atoms with Crippen molar-refractivity contribution < 1.29 is 18.3 Å². The van der Waals surface area contributed by atoms with Gasteiger partial charge >= 0.3 is 0 Å². The summed E-state index contributed by atoms with van der Waals surface area (Å²) in [7, 11) is 3.96. The van der Waals surface area contributed by atoms with Gasteiger partial charge in [-0.05, 0) is 92.4 Å². The third kappa shape index (κ3) is 5.40. The SMILES string of the molecule is C[C@@H](CN(C)C)Oc1nc2c(F)c(-c3cccc4ccc(F)cc34)c(CCC#N)cc2c2c1cc(CN1CCCC1=O)n2[C@@H]1C2C[C@@H]1CN2. The lowest BCUT2D eigenvalue weighted by Crippen LogP contribution is -2.40. The zero-order valence-electron chi connectivity index (χ0n) is 28.1. The van der Waals surface area contributed by atoms with Crippen LogP contribution in [0.15, 0.2) is 48.5 Å². The monoisotopic (exact) mass is 662 g/mol. The number of nitrogens with one attached hydrogen (secondary N) is 1. The van der Waals surface area contributed by atoms with Crippen molar-refractivity contribution >= 4 is 38.5 Å². The molecule has 2 bridgehead atoms. The van der Waals surface area contributed by atoms with Crippen LogP contribution in [0.3, 0.4) is 0 Å². The first kappa shape index (κ1) is 31.7. The van der Waals surface area contributed by atoms with Crippen LogP contribution in [0.1, 0.15) is 49.9 Å². The van der Waals surface area contributed by atoms with Crippen LogP contribution in [-0.4, -0.2) is 71.1 Å². The Labute approximate surface area is 284 Å². The summed E-state index contributed by atoms with van der Waals surface area (Å²) in [5.74, 6) is -0.0142. The van der Waals surface area contributed by atoms with E-state index in [9.17, 15) is 14.4 Å². The number of nitrogens with zero attached hydrogens (tertiary/aromatic N) is 5. The molecule has 4 aliphatic rings. The molecule has 8 nitrogen and oxygen atoms in total. The molecule has 1 saturated carbocycles. The summed E-state index contributed by atoms with van der Waals surface area (Å²) in [4.78, 5) is 21.8. The first-order valence-electron chi connectivity index (χ1n) is 17.3. The van der Waals surface area contributed by atoms with Crippen molar-refractivity contribution in [3.8, 4) is 23.1 Å². The molecule has 1 unspecified atom stereocenters. The van der Waals surface area contributed by atoms with Gasteiger partial charge in [-0.15, -0.1) is 0 Å². The minimum atomic E-state index is -0.520. The number of aromatic nitrogens is 2. The predicted molar refractivity (Wildman–Crippen MR) is 186 cm³/mol. The molecule has 5 heterocycles. The van der Waals surface area contributed by atoms with Gasteiger partial charge < -0.3 is 24.4 Å². The Morgan fingerprint density at radius 3 is 2.71 bits per heavy atom. The van der Waals surface area contributed by atoms with E-state index in [4.69, 9.17) is 9.72 Å². The average Bonchev–Trinajstić information content (AvgIpc) is 3.87. The van der Waals surface area contributed by atoms with Crippen LogP contribution >= 0.6 is 0 Å². The number of fused-ring (bicyclic) bond motifs is 5. The number of likely N-dealkylation sites (N-methyl/N-ethyl adjacent to an activating group) is 1. The third-order valence-electron chi connectivity index (χ3n) is 10.6. The number of aryl methyl sites for hydroxylation is 1. The Balaban J connectivity index is 1.44. The maximum absolute atomic E-state index is 17.5. The number of halogens is 2. The van der Waals surface area contributed by atoms with E-state index in [2.05, 4.69) is 22.0 Å². The molecule has 5 aromatic rings. The highest BCUT2D eigenvalue weighted by Crippen LogP contribution is 2.49. The van der Waals surface area contributed by atoms with Crippen LogP contribution in [0.5, 0.6) is 5.88 Å². The van der Waals surface area contributed by atoms with Crippen LogP contribution in [0.2, 0.25) is 0 Å². The van der Waals surface area contributed by atoms with Gasteiger partial charge in [-0.2, -0.15) is 5.26 Å². The highest BCUT2D eigenvalue weighted by Gasteiger charge is 2.49. The largest absolute Gasteiger partial charge is 0.473 e. The van der Waals surface area contributed by atoms with Crippen LogP contribution < -0.4 is 10.1 Å². The van der Waals surface area contributed by atoms with Gasteiger partial charge in [0.05, 0.1) is 29.6 Å². The number of rotatable bonds is 10. The van der Waals surface area contributed by atoms with Gasteiger partial charge in [0.15, 0.2) is 5.82 Å².